The van der Waals surface area contributed by atoms with Gasteiger partial charge in [-0.2, -0.15) is 0 Å². The third kappa shape index (κ3) is 4.51. The fraction of sp³-hybridized carbons (Fsp3) is 0.909. The van der Waals surface area contributed by atoms with Crippen LogP contribution in [-0.4, -0.2) is 31.3 Å². The lowest BCUT2D eigenvalue weighted by Crippen LogP contribution is -2.47. The van der Waals surface area contributed by atoms with Crippen LogP contribution in [0.4, 0.5) is 4.79 Å². The average Bonchev–Trinajstić information content (AvgIpc) is 2.17. The Morgan fingerprint density at radius 1 is 1.20 bits per heavy atom. The summed E-state index contributed by atoms with van der Waals surface area (Å²) in [6.45, 7) is 7.62. The van der Waals surface area contributed by atoms with Gasteiger partial charge in [-0.1, -0.05) is 0 Å². The molecular weight excluding hydrogens is 192 g/mol. The molecule has 1 aliphatic heterocycles. The molecule has 4 nitrogen and oxygen atoms in total. The van der Waals surface area contributed by atoms with Crippen LogP contribution in [0.15, 0.2) is 0 Å². The monoisotopic (exact) mass is 214 g/mol. The molecule has 15 heavy (non-hydrogen) atoms. The molecule has 1 unspecified atom stereocenters. The number of rotatable bonds is 3. The van der Waals surface area contributed by atoms with Gasteiger partial charge in [0.25, 0.3) is 0 Å². The van der Waals surface area contributed by atoms with E-state index in [2.05, 4.69) is 17.6 Å². The predicted octanol–water partition coefficient (Wildman–Crippen LogP) is 1.51. The third-order valence-electron chi connectivity index (χ3n) is 2.75. The summed E-state index contributed by atoms with van der Waals surface area (Å²) in [4.78, 5) is 11.5. The summed E-state index contributed by atoms with van der Waals surface area (Å²) in [6, 6.07) is 0.350. The van der Waals surface area contributed by atoms with Crippen molar-refractivity contribution in [3.05, 3.63) is 0 Å². The van der Waals surface area contributed by atoms with Crippen molar-refractivity contribution >= 4 is 6.03 Å². The van der Waals surface area contributed by atoms with Crippen LogP contribution < -0.4 is 10.6 Å². The standard InChI is InChI=1S/C11H22N2O2/c1-8(2)12-11(14)13-9(3)10-4-6-15-7-5-10/h8-10H,4-7H2,1-3H3,(H2,12,13,14). The summed E-state index contributed by atoms with van der Waals surface area (Å²) in [6.07, 6.45) is 2.09. The summed E-state index contributed by atoms with van der Waals surface area (Å²) in [5.74, 6) is 0.552. The molecule has 1 fully saturated rings. The number of hydrogen-bond acceptors (Lipinski definition) is 2. The molecule has 0 aliphatic carbocycles. The van der Waals surface area contributed by atoms with Crippen LogP contribution in [0.1, 0.15) is 33.6 Å². The van der Waals surface area contributed by atoms with Crippen LogP contribution in [0.3, 0.4) is 0 Å². The van der Waals surface area contributed by atoms with Crippen LogP contribution in [0, 0.1) is 5.92 Å². The highest BCUT2D eigenvalue weighted by Crippen LogP contribution is 2.18. The minimum Gasteiger partial charge on any atom is -0.381 e. The molecule has 1 atom stereocenters. The first-order chi connectivity index (χ1) is 7.09. The Labute approximate surface area is 91.8 Å². The maximum atomic E-state index is 11.5. The van der Waals surface area contributed by atoms with Gasteiger partial charge in [-0.05, 0) is 39.5 Å². The Kier molecular flexibility index (Phi) is 4.88. The zero-order chi connectivity index (χ0) is 11.3. The second-order valence-corrected chi connectivity index (χ2v) is 4.51. The summed E-state index contributed by atoms with van der Waals surface area (Å²) < 4.78 is 5.29. The normalized spacial score (nSPS) is 20.0. The molecule has 4 heteroatoms. The number of urea groups is 1. The summed E-state index contributed by atoms with van der Waals surface area (Å²) in [5, 5.41) is 5.81. The van der Waals surface area contributed by atoms with E-state index in [9.17, 15) is 4.79 Å². The van der Waals surface area contributed by atoms with Gasteiger partial charge in [0, 0.05) is 25.3 Å². The van der Waals surface area contributed by atoms with E-state index in [4.69, 9.17) is 4.74 Å². The van der Waals surface area contributed by atoms with Gasteiger partial charge in [-0.25, -0.2) is 4.79 Å². The summed E-state index contributed by atoms with van der Waals surface area (Å²) in [7, 11) is 0. The number of amides is 2. The third-order valence-corrected chi connectivity index (χ3v) is 2.75. The average molecular weight is 214 g/mol. The van der Waals surface area contributed by atoms with Gasteiger partial charge in [0.05, 0.1) is 0 Å². The Balaban J connectivity index is 2.27. The van der Waals surface area contributed by atoms with E-state index in [1.807, 2.05) is 13.8 Å². The molecule has 1 aliphatic rings. The van der Waals surface area contributed by atoms with Gasteiger partial charge in [0.2, 0.25) is 0 Å². The van der Waals surface area contributed by atoms with Crippen molar-refractivity contribution in [2.45, 2.75) is 45.7 Å². The van der Waals surface area contributed by atoms with Crippen molar-refractivity contribution in [2.24, 2.45) is 5.92 Å². The number of carbonyl (C=O) groups is 1. The number of carbonyl (C=O) groups excluding carboxylic acids is 1. The summed E-state index contributed by atoms with van der Waals surface area (Å²) >= 11 is 0. The molecule has 2 amide bonds. The number of nitrogens with one attached hydrogen (secondary N) is 2. The van der Waals surface area contributed by atoms with Crippen LogP contribution in [-0.2, 0) is 4.74 Å². The molecule has 1 saturated heterocycles. The summed E-state index contributed by atoms with van der Waals surface area (Å²) in [5.41, 5.74) is 0. The quantitative estimate of drug-likeness (QED) is 0.748. The molecular formula is C11H22N2O2. The predicted molar refractivity (Wildman–Crippen MR) is 59.8 cm³/mol. The second kappa shape index (κ2) is 5.95. The van der Waals surface area contributed by atoms with E-state index in [1.54, 1.807) is 0 Å². The molecule has 0 aromatic rings. The van der Waals surface area contributed by atoms with Gasteiger partial charge in [0.1, 0.15) is 0 Å². The highest BCUT2D eigenvalue weighted by Gasteiger charge is 2.21. The van der Waals surface area contributed by atoms with Crippen molar-refractivity contribution in [1.29, 1.82) is 0 Å². The van der Waals surface area contributed by atoms with Gasteiger partial charge in [0.15, 0.2) is 0 Å². The lowest BCUT2D eigenvalue weighted by atomic mass is 9.93. The SMILES string of the molecule is CC(C)NC(=O)NC(C)C1CCOCC1. The fourth-order valence-corrected chi connectivity index (χ4v) is 1.84. The van der Waals surface area contributed by atoms with E-state index in [0.717, 1.165) is 26.1 Å². The van der Waals surface area contributed by atoms with E-state index in [0.29, 0.717) is 5.92 Å². The smallest absolute Gasteiger partial charge is 0.315 e. The largest absolute Gasteiger partial charge is 0.381 e. The Hall–Kier alpha value is -0.770. The molecule has 0 spiro atoms. The van der Waals surface area contributed by atoms with Crippen molar-refractivity contribution < 1.29 is 9.53 Å². The molecule has 0 saturated carbocycles. The number of ether oxygens (including phenoxy) is 1. The van der Waals surface area contributed by atoms with Gasteiger partial charge >= 0.3 is 6.03 Å². The Morgan fingerprint density at radius 2 is 1.80 bits per heavy atom. The first kappa shape index (κ1) is 12.3. The molecule has 88 valence electrons. The van der Waals surface area contributed by atoms with Crippen molar-refractivity contribution in [3.8, 4) is 0 Å². The topological polar surface area (TPSA) is 50.4 Å². The van der Waals surface area contributed by atoms with Crippen LogP contribution in [0.25, 0.3) is 0 Å². The molecule has 1 heterocycles. The van der Waals surface area contributed by atoms with Gasteiger partial charge in [-0.15, -0.1) is 0 Å². The highest BCUT2D eigenvalue weighted by atomic mass is 16.5. The fourth-order valence-electron chi connectivity index (χ4n) is 1.84. The Morgan fingerprint density at radius 3 is 2.33 bits per heavy atom. The maximum Gasteiger partial charge on any atom is 0.315 e. The molecule has 0 radical (unpaired) electrons. The number of hydrogen-bond donors (Lipinski definition) is 2. The van der Waals surface area contributed by atoms with Gasteiger partial charge in [-0.3, -0.25) is 0 Å². The molecule has 0 aromatic carbocycles. The van der Waals surface area contributed by atoms with Gasteiger partial charge < -0.3 is 15.4 Å². The van der Waals surface area contributed by atoms with E-state index >= 15 is 0 Å². The van der Waals surface area contributed by atoms with Crippen molar-refractivity contribution in [2.75, 3.05) is 13.2 Å². The molecule has 2 N–H and O–H groups in total. The Bertz CT molecular complexity index is 201. The van der Waals surface area contributed by atoms with Crippen LogP contribution in [0.2, 0.25) is 0 Å². The lowest BCUT2D eigenvalue weighted by molar-refractivity contribution is 0.0570. The second-order valence-electron chi connectivity index (χ2n) is 4.51. The van der Waals surface area contributed by atoms with E-state index in [1.165, 1.54) is 0 Å². The lowest BCUT2D eigenvalue weighted by Gasteiger charge is -2.28. The zero-order valence-electron chi connectivity index (χ0n) is 9.88. The maximum absolute atomic E-state index is 11.5. The van der Waals surface area contributed by atoms with Crippen LogP contribution in [0.5, 0.6) is 0 Å². The molecule has 1 rings (SSSR count). The van der Waals surface area contributed by atoms with Crippen molar-refractivity contribution in [3.63, 3.8) is 0 Å². The van der Waals surface area contributed by atoms with E-state index < -0.39 is 0 Å². The first-order valence-corrected chi connectivity index (χ1v) is 5.74. The molecule has 0 aromatic heterocycles. The van der Waals surface area contributed by atoms with Crippen molar-refractivity contribution in [1.82, 2.24) is 10.6 Å². The minimum atomic E-state index is -0.0657. The highest BCUT2D eigenvalue weighted by molar-refractivity contribution is 5.74. The molecule has 0 bridgehead atoms. The first-order valence-electron chi connectivity index (χ1n) is 5.74. The van der Waals surface area contributed by atoms with E-state index in [-0.39, 0.29) is 18.1 Å². The zero-order valence-corrected chi connectivity index (χ0v) is 9.88. The minimum absolute atomic E-state index is 0.0657. The van der Waals surface area contributed by atoms with Crippen LogP contribution >= 0.6 is 0 Å².